The van der Waals surface area contributed by atoms with Crippen molar-refractivity contribution in [1.29, 1.82) is 0 Å². The van der Waals surface area contributed by atoms with Gasteiger partial charge in [-0.3, -0.25) is 4.79 Å². The monoisotopic (exact) mass is 230 g/mol. The molecule has 0 radical (unpaired) electrons. The maximum Gasteiger partial charge on any atom is 0.204 e. The minimum atomic E-state index is -0.502. The summed E-state index contributed by atoms with van der Waals surface area (Å²) in [5.41, 5.74) is 0.329. The van der Waals surface area contributed by atoms with E-state index in [9.17, 15) is 9.18 Å². The molecule has 2 nitrogen and oxygen atoms in total. The SMILES string of the molecule is O=C1COc2c1ccc(Br)c2F. The summed E-state index contributed by atoms with van der Waals surface area (Å²) in [5.74, 6) is -0.607. The molecule has 0 N–H and O–H groups in total. The van der Waals surface area contributed by atoms with Crippen LogP contribution in [-0.4, -0.2) is 12.4 Å². The number of carbonyl (C=O) groups is 1. The van der Waals surface area contributed by atoms with Crippen molar-refractivity contribution in [2.75, 3.05) is 6.61 Å². The summed E-state index contributed by atoms with van der Waals surface area (Å²) in [6, 6.07) is 3.05. The second kappa shape index (κ2) is 2.55. The fraction of sp³-hybridized carbons (Fsp3) is 0.125. The second-order valence-corrected chi connectivity index (χ2v) is 3.30. The third-order valence-electron chi connectivity index (χ3n) is 1.70. The number of hydrogen-bond donors (Lipinski definition) is 0. The van der Waals surface area contributed by atoms with Gasteiger partial charge in [0, 0.05) is 0 Å². The Balaban J connectivity index is 2.68. The molecule has 0 saturated carbocycles. The number of carbonyl (C=O) groups excluding carboxylic acids is 1. The summed E-state index contributed by atoms with van der Waals surface area (Å²) in [5, 5.41) is 0. The average molecular weight is 231 g/mol. The van der Waals surface area contributed by atoms with Crippen LogP contribution in [0.1, 0.15) is 10.4 Å². The molecular weight excluding hydrogens is 227 g/mol. The first-order chi connectivity index (χ1) is 5.70. The summed E-state index contributed by atoms with van der Waals surface area (Å²) in [4.78, 5) is 11.0. The summed E-state index contributed by atoms with van der Waals surface area (Å²) in [7, 11) is 0. The summed E-state index contributed by atoms with van der Waals surface area (Å²) >= 11 is 3.00. The molecule has 0 aromatic heterocycles. The van der Waals surface area contributed by atoms with Crippen molar-refractivity contribution in [3.63, 3.8) is 0 Å². The predicted octanol–water partition coefficient (Wildman–Crippen LogP) is 2.16. The van der Waals surface area contributed by atoms with E-state index in [1.165, 1.54) is 6.07 Å². The van der Waals surface area contributed by atoms with E-state index in [-0.39, 0.29) is 18.1 Å². The summed E-state index contributed by atoms with van der Waals surface area (Å²) in [6.07, 6.45) is 0. The van der Waals surface area contributed by atoms with Gasteiger partial charge in [0.25, 0.3) is 0 Å². The third-order valence-corrected chi connectivity index (χ3v) is 2.31. The lowest BCUT2D eigenvalue weighted by atomic mass is 10.1. The van der Waals surface area contributed by atoms with Gasteiger partial charge in [-0.25, -0.2) is 4.39 Å². The van der Waals surface area contributed by atoms with E-state index in [1.807, 2.05) is 0 Å². The predicted molar refractivity (Wildman–Crippen MR) is 43.9 cm³/mol. The molecule has 1 aliphatic rings. The number of ether oxygens (including phenoxy) is 1. The van der Waals surface area contributed by atoms with Crippen molar-refractivity contribution in [3.05, 3.63) is 28.0 Å². The standard InChI is InChI=1S/C8H4BrFO2/c9-5-2-1-4-6(11)3-12-8(4)7(5)10/h1-2H,3H2. The molecule has 62 valence electrons. The number of ketones is 1. The maximum absolute atomic E-state index is 13.2. The van der Waals surface area contributed by atoms with Crippen LogP contribution in [0.25, 0.3) is 0 Å². The van der Waals surface area contributed by atoms with Gasteiger partial charge in [-0.05, 0) is 28.1 Å². The van der Waals surface area contributed by atoms with Crippen molar-refractivity contribution >= 4 is 21.7 Å². The van der Waals surface area contributed by atoms with E-state index in [0.29, 0.717) is 10.0 Å². The lowest BCUT2D eigenvalue weighted by Crippen LogP contribution is -1.98. The highest BCUT2D eigenvalue weighted by Gasteiger charge is 2.25. The number of benzene rings is 1. The highest BCUT2D eigenvalue weighted by atomic mass is 79.9. The number of rotatable bonds is 0. The molecule has 12 heavy (non-hydrogen) atoms. The Morgan fingerprint density at radius 2 is 2.25 bits per heavy atom. The Morgan fingerprint density at radius 3 is 3.00 bits per heavy atom. The molecule has 0 amide bonds. The first kappa shape index (κ1) is 7.73. The topological polar surface area (TPSA) is 26.3 Å². The fourth-order valence-electron chi connectivity index (χ4n) is 1.11. The van der Waals surface area contributed by atoms with Crippen LogP contribution in [0.3, 0.4) is 0 Å². The van der Waals surface area contributed by atoms with Gasteiger partial charge in [0.15, 0.2) is 18.2 Å². The second-order valence-electron chi connectivity index (χ2n) is 2.45. The van der Waals surface area contributed by atoms with Crippen LogP contribution >= 0.6 is 15.9 Å². The largest absolute Gasteiger partial charge is 0.482 e. The van der Waals surface area contributed by atoms with Gasteiger partial charge in [-0.1, -0.05) is 0 Å². The highest BCUT2D eigenvalue weighted by molar-refractivity contribution is 9.10. The molecule has 1 aromatic rings. The lowest BCUT2D eigenvalue weighted by Gasteiger charge is -1.99. The van der Waals surface area contributed by atoms with Crippen molar-refractivity contribution in [1.82, 2.24) is 0 Å². The zero-order valence-electron chi connectivity index (χ0n) is 5.93. The van der Waals surface area contributed by atoms with E-state index in [2.05, 4.69) is 15.9 Å². The van der Waals surface area contributed by atoms with Gasteiger partial charge in [-0.2, -0.15) is 0 Å². The molecule has 4 heteroatoms. The molecule has 0 saturated heterocycles. The van der Waals surface area contributed by atoms with Gasteiger partial charge < -0.3 is 4.74 Å². The van der Waals surface area contributed by atoms with Crippen LogP contribution in [0.2, 0.25) is 0 Å². The van der Waals surface area contributed by atoms with Crippen LogP contribution in [-0.2, 0) is 0 Å². The molecular formula is C8H4BrFO2. The van der Waals surface area contributed by atoms with Crippen LogP contribution in [0.4, 0.5) is 4.39 Å². The number of hydrogen-bond acceptors (Lipinski definition) is 2. The van der Waals surface area contributed by atoms with Gasteiger partial charge in [0.05, 0.1) is 10.0 Å². The molecule has 1 aliphatic heterocycles. The molecule has 0 unspecified atom stereocenters. The third kappa shape index (κ3) is 0.948. The van der Waals surface area contributed by atoms with Crippen molar-refractivity contribution < 1.29 is 13.9 Å². The number of Topliss-reactive ketones (excluding diaryl/α,β-unsaturated/α-hetero) is 1. The Bertz CT molecular complexity index is 362. The molecule has 0 atom stereocenters. The van der Waals surface area contributed by atoms with Crippen LogP contribution < -0.4 is 4.74 Å². The van der Waals surface area contributed by atoms with Gasteiger partial charge in [-0.15, -0.1) is 0 Å². The molecule has 0 aliphatic carbocycles. The molecule has 1 aromatic carbocycles. The van der Waals surface area contributed by atoms with Crippen molar-refractivity contribution in [3.8, 4) is 5.75 Å². The molecule has 0 fully saturated rings. The van der Waals surface area contributed by atoms with E-state index in [0.717, 1.165) is 0 Å². The highest BCUT2D eigenvalue weighted by Crippen LogP contribution is 2.32. The van der Waals surface area contributed by atoms with Gasteiger partial charge in [0.1, 0.15) is 0 Å². The van der Waals surface area contributed by atoms with Gasteiger partial charge in [0.2, 0.25) is 5.78 Å². The molecule has 1 heterocycles. The normalized spacial score (nSPS) is 14.3. The van der Waals surface area contributed by atoms with E-state index in [1.54, 1.807) is 6.07 Å². The zero-order chi connectivity index (χ0) is 8.72. The fourth-order valence-corrected chi connectivity index (χ4v) is 1.42. The Labute approximate surface area is 76.5 Å². The maximum atomic E-state index is 13.2. The first-order valence-electron chi connectivity index (χ1n) is 3.34. The smallest absolute Gasteiger partial charge is 0.204 e. The minimum absolute atomic E-state index is 0.0529. The number of fused-ring (bicyclic) bond motifs is 1. The van der Waals surface area contributed by atoms with Gasteiger partial charge >= 0.3 is 0 Å². The summed E-state index contributed by atoms with van der Waals surface area (Å²) in [6.45, 7) is -0.0529. The number of halogens is 2. The molecule has 0 spiro atoms. The van der Waals surface area contributed by atoms with Crippen molar-refractivity contribution in [2.24, 2.45) is 0 Å². The summed E-state index contributed by atoms with van der Waals surface area (Å²) < 4.78 is 18.3. The molecule has 2 rings (SSSR count). The van der Waals surface area contributed by atoms with Crippen LogP contribution in [0.15, 0.2) is 16.6 Å². The molecule has 0 bridgehead atoms. The quantitative estimate of drug-likeness (QED) is 0.683. The lowest BCUT2D eigenvalue weighted by molar-refractivity contribution is 0.0960. The van der Waals surface area contributed by atoms with Crippen molar-refractivity contribution in [2.45, 2.75) is 0 Å². The Morgan fingerprint density at radius 1 is 1.50 bits per heavy atom. The zero-order valence-corrected chi connectivity index (χ0v) is 7.52. The van der Waals surface area contributed by atoms with Crippen LogP contribution in [0, 0.1) is 5.82 Å². The first-order valence-corrected chi connectivity index (χ1v) is 4.13. The van der Waals surface area contributed by atoms with Crippen LogP contribution in [0.5, 0.6) is 5.75 Å². The van der Waals surface area contributed by atoms with E-state index >= 15 is 0 Å². The minimum Gasteiger partial charge on any atom is -0.482 e. The van der Waals surface area contributed by atoms with E-state index < -0.39 is 5.82 Å². The van der Waals surface area contributed by atoms with E-state index in [4.69, 9.17) is 4.74 Å². The Kier molecular flexibility index (Phi) is 1.65. The Hall–Kier alpha value is -0.900. The average Bonchev–Trinajstić information content (AvgIpc) is 2.41.